The second kappa shape index (κ2) is 9.72. The Balaban J connectivity index is 1.57. The molecule has 10 N–H and O–H groups in total. The standard InChI is InChI=1S/C25H26BrN5O13/c1-23(42)21(40)31-9-17(29-22(41)30-18(9)37)27-5-24(31,43)16(25(23)7-3-2-6(26)4-8(7)28-20(25)39)19(38)44-15-13(35)11(33)10(32)12(34)14(15)36/h2-4,9-16,32-36,42-43H,5H2,1H3,(H,28,39)(H2,27,29,30,37,41). The van der Waals surface area contributed by atoms with Crippen LogP contribution in [0, 0.1) is 5.92 Å². The first-order valence-electron chi connectivity index (χ1n) is 13.2. The van der Waals surface area contributed by atoms with E-state index in [9.17, 15) is 59.7 Å². The summed E-state index contributed by atoms with van der Waals surface area (Å²) in [5, 5.41) is 82.4. The molecule has 18 nitrogen and oxygen atoms in total. The molecule has 4 heterocycles. The maximum absolute atomic E-state index is 14.3. The van der Waals surface area contributed by atoms with Crippen molar-refractivity contribution in [1.29, 1.82) is 0 Å². The van der Waals surface area contributed by atoms with Crippen LogP contribution in [-0.4, -0.2) is 137 Å². The molecule has 2 saturated heterocycles. The van der Waals surface area contributed by atoms with Crippen molar-refractivity contribution < 1.29 is 64.5 Å². The zero-order valence-corrected chi connectivity index (χ0v) is 24.0. The molecule has 6 rings (SSSR count). The molecule has 4 aliphatic heterocycles. The first-order valence-corrected chi connectivity index (χ1v) is 14.0. The van der Waals surface area contributed by atoms with Crippen LogP contribution in [0.15, 0.2) is 27.7 Å². The minimum Gasteiger partial charge on any atom is -0.456 e. The van der Waals surface area contributed by atoms with Crippen LogP contribution in [0.3, 0.4) is 0 Å². The quantitative estimate of drug-likeness (QED) is 0.131. The Kier molecular flexibility index (Phi) is 6.73. The van der Waals surface area contributed by atoms with Crippen molar-refractivity contribution in [3.05, 3.63) is 28.2 Å². The Morgan fingerprint density at radius 3 is 2.23 bits per heavy atom. The number of aliphatic hydroxyl groups excluding tert-OH is 5. The molecular formula is C25H26BrN5O13. The molecule has 1 saturated carbocycles. The Bertz CT molecular complexity index is 1540. The topological polar surface area (TPSA) is 288 Å². The number of nitrogens with zero attached hydrogens (tertiary/aromatic N) is 2. The van der Waals surface area contributed by atoms with E-state index in [1.807, 2.05) is 5.32 Å². The maximum atomic E-state index is 14.3. The highest BCUT2D eigenvalue weighted by atomic mass is 79.9. The van der Waals surface area contributed by atoms with E-state index < -0.39 is 107 Å². The number of aliphatic imine (C=N–C) groups is 1. The number of amides is 5. The molecule has 0 radical (unpaired) electrons. The lowest BCUT2D eigenvalue weighted by Crippen LogP contribution is -2.86. The maximum Gasteiger partial charge on any atom is 0.326 e. The fraction of sp³-hybridized carbons (Fsp3) is 0.520. The van der Waals surface area contributed by atoms with Crippen LogP contribution < -0.4 is 16.0 Å². The van der Waals surface area contributed by atoms with Crippen LogP contribution in [-0.2, 0) is 29.3 Å². The smallest absolute Gasteiger partial charge is 0.326 e. The number of hydrogen-bond donors (Lipinski definition) is 10. The van der Waals surface area contributed by atoms with Crippen LogP contribution in [0.25, 0.3) is 0 Å². The van der Waals surface area contributed by atoms with Crippen molar-refractivity contribution >= 4 is 57.2 Å². The molecule has 3 fully saturated rings. The predicted molar refractivity (Wildman–Crippen MR) is 143 cm³/mol. The summed E-state index contributed by atoms with van der Waals surface area (Å²) in [6.45, 7) is -0.0700. The normalized spacial score (nSPS) is 42.8. The highest BCUT2D eigenvalue weighted by Gasteiger charge is 2.80. The average molecular weight is 684 g/mol. The summed E-state index contributed by atoms with van der Waals surface area (Å²) in [4.78, 5) is 71.9. The SMILES string of the molecule is CC1(O)C(=O)N2C3C(=O)NC(=O)NC3=NCC2(O)C(C(=O)OC2C(O)C(O)C(O)C(O)C2O)C12C(=O)Nc1cc(Br)ccc12. The Labute approximate surface area is 254 Å². The molecule has 0 aromatic heterocycles. The van der Waals surface area contributed by atoms with Gasteiger partial charge in [0.1, 0.15) is 47.7 Å². The molecule has 1 spiro atoms. The largest absolute Gasteiger partial charge is 0.456 e. The number of carbonyl (C=O) groups excluding carboxylic acids is 5. The third-order valence-electron chi connectivity index (χ3n) is 9.02. The first-order chi connectivity index (χ1) is 20.5. The number of aliphatic hydroxyl groups is 7. The van der Waals surface area contributed by atoms with E-state index in [4.69, 9.17) is 4.74 Å². The molecule has 1 aromatic carbocycles. The number of halogens is 1. The van der Waals surface area contributed by atoms with Gasteiger partial charge in [-0.25, -0.2) is 4.79 Å². The monoisotopic (exact) mass is 683 g/mol. The van der Waals surface area contributed by atoms with Crippen LogP contribution in [0.2, 0.25) is 0 Å². The molecule has 1 aromatic rings. The second-order valence-corrected chi connectivity index (χ2v) is 12.3. The van der Waals surface area contributed by atoms with Crippen molar-refractivity contribution in [2.45, 2.75) is 66.3 Å². The van der Waals surface area contributed by atoms with Gasteiger partial charge in [-0.05, 0) is 24.6 Å². The number of rotatable bonds is 2. The van der Waals surface area contributed by atoms with Crippen molar-refractivity contribution in [3.63, 3.8) is 0 Å². The minimum atomic E-state index is -2.96. The molecule has 19 heteroatoms. The van der Waals surface area contributed by atoms with Crippen LogP contribution in [0.4, 0.5) is 10.5 Å². The number of nitrogens with one attached hydrogen (secondary N) is 3. The Hall–Kier alpha value is -3.56. The summed E-state index contributed by atoms with van der Waals surface area (Å²) in [7, 11) is 0. The zero-order chi connectivity index (χ0) is 32.3. The zero-order valence-electron chi connectivity index (χ0n) is 22.4. The van der Waals surface area contributed by atoms with Crippen LogP contribution in [0.1, 0.15) is 12.5 Å². The number of piperidine rings is 1. The number of carbonyl (C=O) groups is 5. The number of amidine groups is 1. The number of imide groups is 1. The summed E-state index contributed by atoms with van der Waals surface area (Å²) in [5.41, 5.74) is -8.77. The van der Waals surface area contributed by atoms with E-state index in [-0.39, 0.29) is 11.3 Å². The second-order valence-electron chi connectivity index (χ2n) is 11.4. The molecule has 5 aliphatic rings. The van der Waals surface area contributed by atoms with Gasteiger partial charge in [-0.15, -0.1) is 0 Å². The lowest BCUT2D eigenvalue weighted by molar-refractivity contribution is -0.259. The van der Waals surface area contributed by atoms with Crippen LogP contribution in [0.5, 0.6) is 0 Å². The molecule has 9 unspecified atom stereocenters. The third kappa shape index (κ3) is 3.71. The van der Waals surface area contributed by atoms with E-state index in [0.717, 1.165) is 6.92 Å². The Morgan fingerprint density at radius 2 is 1.59 bits per heavy atom. The van der Waals surface area contributed by atoms with Gasteiger partial charge in [0.05, 0.1) is 6.54 Å². The van der Waals surface area contributed by atoms with Crippen molar-refractivity contribution in [2.75, 3.05) is 11.9 Å². The van der Waals surface area contributed by atoms with E-state index in [1.165, 1.54) is 18.2 Å². The van der Waals surface area contributed by atoms with Gasteiger partial charge in [0.2, 0.25) is 5.91 Å². The molecule has 5 amide bonds. The summed E-state index contributed by atoms with van der Waals surface area (Å²) < 4.78 is 5.79. The number of esters is 1. The lowest BCUT2D eigenvalue weighted by atomic mass is 9.54. The van der Waals surface area contributed by atoms with Gasteiger partial charge >= 0.3 is 12.0 Å². The predicted octanol–water partition coefficient (Wildman–Crippen LogP) is -5.11. The number of benzene rings is 1. The summed E-state index contributed by atoms with van der Waals surface area (Å²) in [6.07, 6.45) is -12.9. The van der Waals surface area contributed by atoms with Gasteiger partial charge in [0, 0.05) is 10.2 Å². The molecule has 9 atom stereocenters. The van der Waals surface area contributed by atoms with E-state index in [0.29, 0.717) is 9.37 Å². The fourth-order valence-corrected chi connectivity index (χ4v) is 7.28. The summed E-state index contributed by atoms with van der Waals surface area (Å²) in [5.74, 6) is -8.18. The number of anilines is 1. The van der Waals surface area contributed by atoms with E-state index >= 15 is 0 Å². The van der Waals surface area contributed by atoms with Crippen molar-refractivity contribution in [2.24, 2.45) is 10.9 Å². The highest BCUT2D eigenvalue weighted by molar-refractivity contribution is 9.10. The van der Waals surface area contributed by atoms with Crippen molar-refractivity contribution in [3.8, 4) is 0 Å². The summed E-state index contributed by atoms with van der Waals surface area (Å²) in [6, 6.07) is 1.19. The van der Waals surface area contributed by atoms with Crippen LogP contribution >= 0.6 is 15.9 Å². The molecule has 0 bridgehead atoms. The average Bonchev–Trinajstić information content (AvgIpc) is 3.23. The minimum absolute atomic E-state index is 0.0154. The van der Waals surface area contributed by atoms with Gasteiger partial charge < -0.3 is 45.8 Å². The van der Waals surface area contributed by atoms with Gasteiger partial charge in [-0.2, -0.15) is 0 Å². The fourth-order valence-electron chi connectivity index (χ4n) is 6.92. The highest BCUT2D eigenvalue weighted by Crippen LogP contribution is 2.59. The van der Waals surface area contributed by atoms with Gasteiger partial charge in [-0.1, -0.05) is 22.0 Å². The van der Waals surface area contributed by atoms with Crippen molar-refractivity contribution in [1.82, 2.24) is 15.5 Å². The number of hydrogen-bond acceptors (Lipinski definition) is 14. The molecule has 1 aliphatic carbocycles. The lowest BCUT2D eigenvalue weighted by Gasteiger charge is -2.61. The molecular weight excluding hydrogens is 658 g/mol. The van der Waals surface area contributed by atoms with E-state index in [1.54, 1.807) is 0 Å². The number of fused-ring (bicyclic) bond motifs is 5. The van der Waals surface area contributed by atoms with Gasteiger partial charge in [-0.3, -0.25) is 39.7 Å². The van der Waals surface area contributed by atoms with E-state index in [2.05, 4.69) is 31.6 Å². The molecule has 236 valence electrons. The third-order valence-corrected chi connectivity index (χ3v) is 9.51. The van der Waals surface area contributed by atoms with Gasteiger partial charge in [0.15, 0.2) is 23.5 Å². The number of ether oxygens (including phenoxy) is 1. The first kappa shape index (κ1) is 30.5. The van der Waals surface area contributed by atoms with Gasteiger partial charge in [0.25, 0.3) is 11.8 Å². The Morgan fingerprint density at radius 1 is 0.977 bits per heavy atom. The molecule has 44 heavy (non-hydrogen) atoms. The summed E-state index contributed by atoms with van der Waals surface area (Å²) >= 11 is 3.24. The number of urea groups is 1.